The number of nitriles is 1. The Kier molecular flexibility index (Phi) is 6.00. The molecule has 0 radical (unpaired) electrons. The Morgan fingerprint density at radius 1 is 1.08 bits per heavy atom. The van der Waals surface area contributed by atoms with Gasteiger partial charge in [-0.1, -0.05) is 17.3 Å². The Labute approximate surface area is 219 Å². The van der Waals surface area contributed by atoms with Gasteiger partial charge in [-0.2, -0.15) is 5.26 Å². The van der Waals surface area contributed by atoms with E-state index in [9.17, 15) is 14.4 Å². The van der Waals surface area contributed by atoms with E-state index in [1.54, 1.807) is 29.8 Å². The molecular formula is C29H29FN6O2. The number of nitrogens with zero attached hydrogens (tertiary/aromatic N) is 6. The van der Waals surface area contributed by atoms with Crippen molar-refractivity contribution in [2.75, 3.05) is 18.0 Å². The van der Waals surface area contributed by atoms with Crippen molar-refractivity contribution in [1.82, 2.24) is 19.6 Å². The van der Waals surface area contributed by atoms with Gasteiger partial charge in [0.05, 0.1) is 17.2 Å². The third kappa shape index (κ3) is 4.25. The lowest BCUT2D eigenvalue weighted by molar-refractivity contribution is 0.125. The number of pyridine rings is 2. The van der Waals surface area contributed by atoms with E-state index in [-0.39, 0.29) is 29.5 Å². The van der Waals surface area contributed by atoms with Gasteiger partial charge in [-0.15, -0.1) is 0 Å². The molecule has 0 bridgehead atoms. The minimum atomic E-state index is -0.278. The fourth-order valence-electron chi connectivity index (χ4n) is 5.61. The Morgan fingerprint density at radius 3 is 2.55 bits per heavy atom. The molecule has 6 rings (SSSR count). The summed E-state index contributed by atoms with van der Waals surface area (Å²) in [7, 11) is 1.72. The van der Waals surface area contributed by atoms with Gasteiger partial charge < -0.3 is 14.0 Å². The molecule has 1 saturated heterocycles. The van der Waals surface area contributed by atoms with Crippen LogP contribution in [0.1, 0.15) is 61.4 Å². The van der Waals surface area contributed by atoms with Gasteiger partial charge in [-0.05, 0) is 56.5 Å². The molecule has 9 heteroatoms. The lowest BCUT2D eigenvalue weighted by atomic mass is 9.96. The van der Waals surface area contributed by atoms with Crippen molar-refractivity contribution in [3.8, 4) is 6.07 Å². The number of halogens is 1. The molecule has 38 heavy (non-hydrogen) atoms. The smallest absolute Gasteiger partial charge is 0.252 e. The Balaban J connectivity index is 1.38. The van der Waals surface area contributed by atoms with Crippen LogP contribution < -0.4 is 10.5 Å². The van der Waals surface area contributed by atoms with Gasteiger partial charge in [0.25, 0.3) is 5.56 Å². The maximum atomic E-state index is 13.8. The van der Waals surface area contributed by atoms with Gasteiger partial charge >= 0.3 is 0 Å². The predicted octanol–water partition coefficient (Wildman–Crippen LogP) is 4.50. The minimum Gasteiger partial charge on any atom is -0.364 e. The SMILES string of the molecule is C[C@@H]1CN(c2cc(=O)n(C)c3ccc(C#N)nc23)[C@@H](C)CN1C(c1ccc(F)cc1)c1cc(C2CC2)on1. The van der Waals surface area contributed by atoms with Gasteiger partial charge in [0.2, 0.25) is 0 Å². The molecule has 0 amide bonds. The van der Waals surface area contributed by atoms with Gasteiger partial charge in [0.15, 0.2) is 0 Å². The van der Waals surface area contributed by atoms with Crippen molar-refractivity contribution in [1.29, 1.82) is 5.26 Å². The molecule has 2 aliphatic rings. The number of aromatic nitrogens is 3. The third-order valence-corrected chi connectivity index (χ3v) is 7.85. The standard InChI is InChI=1S/C29H29FN6O2/c1-17-16-36(29(20-6-8-21(30)9-7-20)23-12-26(38-33-23)19-4-5-19)18(2)15-35(17)25-13-27(37)34(3)24-11-10-22(14-31)32-28(24)25/h6-13,17-19,29H,4-5,15-16H2,1-3H3/t17-,18+,29?/m0/s1. The number of rotatable bonds is 5. The summed E-state index contributed by atoms with van der Waals surface area (Å²) < 4.78 is 21.1. The molecule has 3 aromatic heterocycles. The van der Waals surface area contributed by atoms with E-state index in [0.29, 0.717) is 35.7 Å². The highest BCUT2D eigenvalue weighted by atomic mass is 19.1. The Hall–Kier alpha value is -4.03. The lowest BCUT2D eigenvalue weighted by Crippen LogP contribution is -2.57. The summed E-state index contributed by atoms with van der Waals surface area (Å²) in [5, 5.41) is 13.9. The first-order valence-corrected chi connectivity index (χ1v) is 13.0. The van der Waals surface area contributed by atoms with Crippen molar-refractivity contribution >= 4 is 16.7 Å². The molecule has 1 aromatic carbocycles. The fourth-order valence-corrected chi connectivity index (χ4v) is 5.61. The topological polar surface area (TPSA) is 91.2 Å². The Bertz CT molecular complexity index is 1600. The molecule has 1 aliphatic carbocycles. The van der Waals surface area contributed by atoms with Crippen molar-refractivity contribution < 1.29 is 8.91 Å². The first-order valence-electron chi connectivity index (χ1n) is 13.0. The first kappa shape index (κ1) is 24.3. The van der Waals surface area contributed by atoms with E-state index in [1.807, 2.05) is 12.1 Å². The second-order valence-electron chi connectivity index (χ2n) is 10.5. The maximum absolute atomic E-state index is 13.8. The van der Waals surface area contributed by atoms with Crippen LogP contribution in [-0.2, 0) is 7.05 Å². The van der Waals surface area contributed by atoms with Crippen molar-refractivity contribution in [3.63, 3.8) is 0 Å². The van der Waals surface area contributed by atoms with Crippen molar-refractivity contribution in [2.45, 2.75) is 50.7 Å². The van der Waals surface area contributed by atoms with Crippen LogP contribution in [0.4, 0.5) is 10.1 Å². The molecule has 0 N–H and O–H groups in total. The number of hydrogen-bond donors (Lipinski definition) is 0. The zero-order valence-corrected chi connectivity index (χ0v) is 21.6. The van der Waals surface area contributed by atoms with Crippen molar-refractivity contribution in [3.05, 3.63) is 87.4 Å². The molecule has 8 nitrogen and oxygen atoms in total. The fraction of sp³-hybridized carbons (Fsp3) is 0.379. The minimum absolute atomic E-state index is 0.0202. The molecule has 4 heterocycles. The van der Waals surface area contributed by atoms with Crippen LogP contribution >= 0.6 is 0 Å². The normalized spacial score (nSPS) is 21.0. The molecule has 2 fully saturated rings. The van der Waals surface area contributed by atoms with Crippen LogP contribution in [0.15, 0.2) is 57.8 Å². The van der Waals surface area contributed by atoms with E-state index in [0.717, 1.165) is 35.5 Å². The number of anilines is 1. The molecule has 1 aliphatic heterocycles. The van der Waals surface area contributed by atoms with Crippen LogP contribution in [0.25, 0.3) is 11.0 Å². The van der Waals surface area contributed by atoms with Crippen LogP contribution in [0.5, 0.6) is 0 Å². The highest BCUT2D eigenvalue weighted by Crippen LogP contribution is 2.42. The van der Waals surface area contributed by atoms with Gasteiger partial charge in [0.1, 0.15) is 34.6 Å². The number of aryl methyl sites for hydroxylation is 1. The highest BCUT2D eigenvalue weighted by Gasteiger charge is 2.38. The summed E-state index contributed by atoms with van der Waals surface area (Å²) in [6.07, 6.45) is 2.24. The second-order valence-corrected chi connectivity index (χ2v) is 10.5. The van der Waals surface area contributed by atoms with Gasteiger partial charge in [-0.25, -0.2) is 9.37 Å². The number of benzene rings is 1. The second kappa shape index (κ2) is 9.37. The zero-order valence-electron chi connectivity index (χ0n) is 21.6. The lowest BCUT2D eigenvalue weighted by Gasteiger charge is -2.48. The summed E-state index contributed by atoms with van der Waals surface area (Å²) >= 11 is 0. The van der Waals surface area contributed by atoms with E-state index in [4.69, 9.17) is 4.52 Å². The average Bonchev–Trinajstić information content (AvgIpc) is 3.66. The molecule has 0 spiro atoms. The molecule has 194 valence electrons. The molecule has 3 atom stereocenters. The van der Waals surface area contributed by atoms with E-state index < -0.39 is 0 Å². The molecule has 4 aromatic rings. The van der Waals surface area contributed by atoms with E-state index >= 15 is 0 Å². The molecule has 1 unspecified atom stereocenters. The zero-order chi connectivity index (χ0) is 26.6. The number of piperazine rings is 1. The van der Waals surface area contributed by atoms with E-state index in [2.05, 4.69) is 45.9 Å². The van der Waals surface area contributed by atoms with Crippen LogP contribution in [-0.4, -0.2) is 44.8 Å². The third-order valence-electron chi connectivity index (χ3n) is 7.85. The number of hydrogen-bond acceptors (Lipinski definition) is 7. The molecular weight excluding hydrogens is 483 g/mol. The highest BCUT2D eigenvalue weighted by molar-refractivity contribution is 5.89. The summed E-state index contributed by atoms with van der Waals surface area (Å²) in [6.45, 7) is 5.57. The monoisotopic (exact) mass is 512 g/mol. The summed E-state index contributed by atoms with van der Waals surface area (Å²) in [4.78, 5) is 22.0. The average molecular weight is 513 g/mol. The van der Waals surface area contributed by atoms with Crippen LogP contribution in [0, 0.1) is 17.1 Å². The molecule has 1 saturated carbocycles. The first-order chi connectivity index (χ1) is 18.3. The summed E-state index contributed by atoms with van der Waals surface area (Å²) in [6, 6.07) is 15.7. The number of fused-ring (bicyclic) bond motifs is 1. The quantitative estimate of drug-likeness (QED) is 0.389. The maximum Gasteiger partial charge on any atom is 0.252 e. The largest absolute Gasteiger partial charge is 0.364 e. The van der Waals surface area contributed by atoms with Gasteiger partial charge in [0, 0.05) is 50.3 Å². The van der Waals surface area contributed by atoms with Crippen molar-refractivity contribution in [2.24, 2.45) is 7.05 Å². The van der Waals surface area contributed by atoms with Crippen LogP contribution in [0.3, 0.4) is 0 Å². The summed E-state index contributed by atoms with van der Waals surface area (Å²) in [5.41, 5.74) is 4.02. The van der Waals surface area contributed by atoms with Crippen LogP contribution in [0.2, 0.25) is 0 Å². The summed E-state index contributed by atoms with van der Waals surface area (Å²) in [5.74, 6) is 1.08. The van der Waals surface area contributed by atoms with Gasteiger partial charge in [-0.3, -0.25) is 9.69 Å². The predicted molar refractivity (Wildman–Crippen MR) is 141 cm³/mol. The van der Waals surface area contributed by atoms with E-state index in [1.165, 1.54) is 12.1 Å². The Morgan fingerprint density at radius 2 is 1.84 bits per heavy atom.